The number of rotatable bonds is 7. The second-order valence-electron chi connectivity index (χ2n) is 4.59. The molecule has 1 aromatic heterocycles. The zero-order valence-electron chi connectivity index (χ0n) is 12.5. The maximum atomic E-state index is 6.10. The van der Waals surface area contributed by atoms with Gasteiger partial charge in [-0.25, -0.2) is 0 Å². The Morgan fingerprint density at radius 2 is 2.00 bits per heavy atom. The third-order valence-corrected chi connectivity index (χ3v) is 3.47. The van der Waals surface area contributed by atoms with Crippen molar-refractivity contribution in [2.75, 3.05) is 19.5 Å². The van der Waals surface area contributed by atoms with Crippen LogP contribution in [0.1, 0.15) is 19.0 Å². The molecule has 1 aromatic carbocycles. The Morgan fingerprint density at radius 1 is 1.24 bits per heavy atom. The van der Waals surface area contributed by atoms with Crippen molar-refractivity contribution in [3.05, 3.63) is 35.1 Å². The molecule has 1 heterocycles. The summed E-state index contributed by atoms with van der Waals surface area (Å²) in [5.41, 5.74) is 1.95. The van der Waals surface area contributed by atoms with Crippen molar-refractivity contribution in [3.8, 4) is 11.5 Å². The number of hydrogen-bond donors (Lipinski definition) is 1. The van der Waals surface area contributed by atoms with Gasteiger partial charge in [0.1, 0.15) is 11.5 Å². The van der Waals surface area contributed by atoms with E-state index in [9.17, 15) is 0 Å². The van der Waals surface area contributed by atoms with Gasteiger partial charge in [0, 0.05) is 24.9 Å². The first-order chi connectivity index (χ1) is 10.2. The highest BCUT2D eigenvalue weighted by Crippen LogP contribution is 2.36. The zero-order valence-corrected chi connectivity index (χ0v) is 13.3. The first-order valence-corrected chi connectivity index (χ1v) is 7.23. The Hall–Kier alpha value is -1.88. The van der Waals surface area contributed by atoms with Crippen LogP contribution in [-0.4, -0.2) is 24.0 Å². The van der Waals surface area contributed by atoms with Crippen LogP contribution in [0, 0.1) is 0 Å². The van der Waals surface area contributed by atoms with E-state index >= 15 is 0 Å². The quantitative estimate of drug-likeness (QED) is 0.849. The lowest BCUT2D eigenvalue weighted by Gasteiger charge is -2.14. The zero-order chi connectivity index (χ0) is 15.2. The molecule has 0 spiro atoms. The van der Waals surface area contributed by atoms with Crippen molar-refractivity contribution in [2.24, 2.45) is 0 Å². The van der Waals surface area contributed by atoms with Gasteiger partial charge in [0.2, 0.25) is 0 Å². The van der Waals surface area contributed by atoms with Crippen molar-refractivity contribution in [1.82, 2.24) is 9.78 Å². The predicted molar refractivity (Wildman–Crippen MR) is 84.4 cm³/mol. The van der Waals surface area contributed by atoms with Crippen LogP contribution in [0.15, 0.2) is 24.4 Å². The maximum Gasteiger partial charge on any atom is 0.143 e. The number of aromatic nitrogens is 2. The number of hydrogen-bond acceptors (Lipinski definition) is 4. The topological polar surface area (TPSA) is 48.3 Å². The van der Waals surface area contributed by atoms with E-state index in [0.29, 0.717) is 23.1 Å². The molecule has 0 atom stereocenters. The van der Waals surface area contributed by atoms with E-state index in [1.807, 2.05) is 23.0 Å². The van der Waals surface area contributed by atoms with E-state index in [2.05, 4.69) is 17.3 Å². The molecule has 5 nitrogen and oxygen atoms in total. The number of ether oxygens (including phenoxy) is 2. The Kier molecular flexibility index (Phi) is 5.33. The highest BCUT2D eigenvalue weighted by Gasteiger charge is 2.10. The van der Waals surface area contributed by atoms with E-state index in [1.165, 1.54) is 0 Å². The minimum atomic E-state index is 0.524. The number of nitrogens with one attached hydrogen (secondary N) is 1. The number of anilines is 1. The van der Waals surface area contributed by atoms with E-state index in [0.717, 1.165) is 24.3 Å². The van der Waals surface area contributed by atoms with Crippen LogP contribution in [0.4, 0.5) is 5.69 Å². The van der Waals surface area contributed by atoms with Crippen LogP contribution in [0.5, 0.6) is 11.5 Å². The van der Waals surface area contributed by atoms with Gasteiger partial charge < -0.3 is 14.8 Å². The molecule has 0 saturated carbocycles. The average Bonchev–Trinajstić information content (AvgIpc) is 2.93. The van der Waals surface area contributed by atoms with Crippen LogP contribution in [-0.2, 0) is 13.1 Å². The van der Waals surface area contributed by atoms with Gasteiger partial charge in [-0.05, 0) is 12.5 Å². The van der Waals surface area contributed by atoms with Crippen LogP contribution >= 0.6 is 11.6 Å². The molecule has 2 aromatic rings. The molecule has 6 heteroatoms. The lowest BCUT2D eigenvalue weighted by atomic mass is 10.2. The Morgan fingerprint density at radius 3 is 2.67 bits per heavy atom. The third kappa shape index (κ3) is 3.61. The van der Waals surface area contributed by atoms with E-state index in [4.69, 9.17) is 21.1 Å². The Balaban J connectivity index is 2.17. The summed E-state index contributed by atoms with van der Waals surface area (Å²) in [6, 6.07) is 5.58. The largest absolute Gasteiger partial charge is 0.495 e. The second kappa shape index (κ2) is 7.22. The van der Waals surface area contributed by atoms with Crippen molar-refractivity contribution in [3.63, 3.8) is 0 Å². The van der Waals surface area contributed by atoms with Gasteiger partial charge in [-0.15, -0.1) is 0 Å². The van der Waals surface area contributed by atoms with Gasteiger partial charge in [-0.1, -0.05) is 18.5 Å². The first kappa shape index (κ1) is 15.5. The van der Waals surface area contributed by atoms with Gasteiger partial charge in [0.25, 0.3) is 0 Å². The monoisotopic (exact) mass is 309 g/mol. The summed E-state index contributed by atoms with van der Waals surface area (Å²) in [6.45, 7) is 3.69. The number of benzene rings is 1. The summed E-state index contributed by atoms with van der Waals surface area (Å²) in [6.07, 6.45) is 2.86. The molecule has 0 fully saturated rings. The number of aryl methyl sites for hydroxylation is 1. The van der Waals surface area contributed by atoms with E-state index in [-0.39, 0.29) is 0 Å². The maximum absolute atomic E-state index is 6.10. The summed E-state index contributed by atoms with van der Waals surface area (Å²) >= 11 is 6.10. The SMILES string of the molecule is CCCn1nccc1CNc1cc(OC)c(Cl)cc1OC. The fourth-order valence-electron chi connectivity index (χ4n) is 2.11. The Labute approximate surface area is 129 Å². The number of methoxy groups -OCH3 is 2. The molecule has 1 N–H and O–H groups in total. The molecular formula is C15H20ClN3O2. The van der Waals surface area contributed by atoms with Crippen LogP contribution in [0.3, 0.4) is 0 Å². The van der Waals surface area contributed by atoms with Gasteiger partial charge in [-0.3, -0.25) is 4.68 Å². The Bertz CT molecular complexity index is 599. The smallest absolute Gasteiger partial charge is 0.143 e. The molecule has 2 rings (SSSR count). The lowest BCUT2D eigenvalue weighted by Crippen LogP contribution is -2.09. The molecule has 21 heavy (non-hydrogen) atoms. The minimum Gasteiger partial charge on any atom is -0.495 e. The molecule has 114 valence electrons. The van der Waals surface area contributed by atoms with Gasteiger partial charge in [-0.2, -0.15) is 5.10 Å². The van der Waals surface area contributed by atoms with Gasteiger partial charge in [0.15, 0.2) is 0 Å². The summed E-state index contributed by atoms with van der Waals surface area (Å²) in [4.78, 5) is 0. The molecule has 0 aliphatic heterocycles. The van der Waals surface area contributed by atoms with Crippen LogP contribution in [0.25, 0.3) is 0 Å². The van der Waals surface area contributed by atoms with Gasteiger partial charge >= 0.3 is 0 Å². The normalized spacial score (nSPS) is 10.5. The summed E-state index contributed by atoms with van der Waals surface area (Å²) in [5, 5.41) is 8.18. The van der Waals surface area contributed by atoms with E-state index < -0.39 is 0 Å². The summed E-state index contributed by atoms with van der Waals surface area (Å²) in [7, 11) is 3.21. The minimum absolute atomic E-state index is 0.524. The molecule has 0 aliphatic carbocycles. The van der Waals surface area contributed by atoms with Crippen molar-refractivity contribution in [2.45, 2.75) is 26.4 Å². The third-order valence-electron chi connectivity index (χ3n) is 3.17. The first-order valence-electron chi connectivity index (χ1n) is 6.85. The standard InChI is InChI=1S/C15H20ClN3O2/c1-4-7-19-11(5-6-18-19)10-17-13-9-14(20-2)12(16)8-15(13)21-3/h5-6,8-9,17H,4,7,10H2,1-3H3. The molecule has 0 amide bonds. The van der Waals surface area contributed by atoms with Crippen LogP contribution in [0.2, 0.25) is 5.02 Å². The average molecular weight is 310 g/mol. The second-order valence-corrected chi connectivity index (χ2v) is 4.99. The molecular weight excluding hydrogens is 290 g/mol. The summed E-state index contributed by atoms with van der Waals surface area (Å²) in [5.74, 6) is 1.30. The highest BCUT2D eigenvalue weighted by atomic mass is 35.5. The van der Waals surface area contributed by atoms with Gasteiger partial charge in [0.05, 0.1) is 37.2 Å². The van der Waals surface area contributed by atoms with Crippen LogP contribution < -0.4 is 14.8 Å². The molecule has 0 unspecified atom stereocenters. The molecule has 0 radical (unpaired) electrons. The van der Waals surface area contributed by atoms with Crippen molar-refractivity contribution < 1.29 is 9.47 Å². The van der Waals surface area contributed by atoms with Crippen molar-refractivity contribution in [1.29, 1.82) is 0 Å². The fraction of sp³-hybridized carbons (Fsp3) is 0.400. The molecule has 0 aliphatic rings. The summed E-state index contributed by atoms with van der Waals surface area (Å²) < 4.78 is 12.6. The molecule has 0 bridgehead atoms. The lowest BCUT2D eigenvalue weighted by molar-refractivity contribution is 0.404. The predicted octanol–water partition coefficient (Wildman–Crippen LogP) is 3.58. The van der Waals surface area contributed by atoms with E-state index in [1.54, 1.807) is 20.3 Å². The molecule has 0 saturated heterocycles. The number of halogens is 1. The fourth-order valence-corrected chi connectivity index (χ4v) is 2.34. The number of nitrogens with zero attached hydrogens (tertiary/aromatic N) is 2. The van der Waals surface area contributed by atoms with Crippen molar-refractivity contribution >= 4 is 17.3 Å². The highest BCUT2D eigenvalue weighted by molar-refractivity contribution is 6.32.